The Morgan fingerprint density at radius 1 is 1.31 bits per heavy atom. The van der Waals surface area contributed by atoms with Crippen LogP contribution in [0.25, 0.3) is 10.9 Å². The molecule has 1 amide bonds. The number of hydrogen-bond acceptors (Lipinski definition) is 6. The molecule has 3 heterocycles. The quantitative estimate of drug-likeness (QED) is 0.790. The highest BCUT2D eigenvalue weighted by atomic mass is 16.6. The average molecular weight is 401 g/mol. The molecule has 2 aliphatic rings. The van der Waals surface area contributed by atoms with E-state index in [1.54, 1.807) is 21.9 Å². The monoisotopic (exact) mass is 401 g/mol. The number of nitrogens with zero attached hydrogens (tertiary/aromatic N) is 3. The Balaban J connectivity index is 1.46. The highest BCUT2D eigenvalue weighted by Crippen LogP contribution is 2.40. The molecule has 0 saturated carbocycles. The minimum atomic E-state index is -0.514. The second kappa shape index (κ2) is 7.02. The number of phenols is 1. The van der Waals surface area contributed by atoms with E-state index in [9.17, 15) is 14.7 Å². The first-order valence-electron chi connectivity index (χ1n) is 9.98. The molecule has 1 spiro atoms. The Morgan fingerprint density at radius 3 is 2.72 bits per heavy atom. The number of phenolic OH excluding ortho intramolecular Hbond substituents is 1. The molecule has 2 aliphatic heterocycles. The van der Waals surface area contributed by atoms with Crippen molar-refractivity contribution in [1.29, 1.82) is 0 Å². The smallest absolute Gasteiger partial charge is 0.410 e. The van der Waals surface area contributed by atoms with Gasteiger partial charge in [-0.2, -0.15) is 0 Å². The summed E-state index contributed by atoms with van der Waals surface area (Å²) < 4.78 is 13.2. The van der Waals surface area contributed by atoms with Gasteiger partial charge in [0.25, 0.3) is 5.56 Å². The van der Waals surface area contributed by atoms with Crippen LogP contribution in [0.1, 0.15) is 46.1 Å². The lowest BCUT2D eigenvalue weighted by atomic mass is 9.87. The number of carbonyl (C=O) groups excluding carboxylic acids is 1. The van der Waals surface area contributed by atoms with E-state index in [2.05, 4.69) is 4.98 Å². The predicted molar refractivity (Wildman–Crippen MR) is 107 cm³/mol. The largest absolute Gasteiger partial charge is 0.508 e. The Hall–Kier alpha value is -2.61. The first kappa shape index (κ1) is 19.7. The van der Waals surface area contributed by atoms with Gasteiger partial charge in [-0.05, 0) is 58.2 Å². The molecule has 4 rings (SSSR count). The number of rotatable bonds is 1. The maximum Gasteiger partial charge on any atom is 0.410 e. The maximum atomic E-state index is 12.9. The summed E-state index contributed by atoms with van der Waals surface area (Å²) in [7, 11) is 0. The Kier molecular flexibility index (Phi) is 4.77. The van der Waals surface area contributed by atoms with Crippen molar-refractivity contribution in [2.45, 2.75) is 57.3 Å². The fraction of sp³-hybridized carbons (Fsp3) is 0.571. The molecule has 1 N–H and O–H groups in total. The van der Waals surface area contributed by atoms with Crippen LogP contribution in [0.2, 0.25) is 0 Å². The summed E-state index contributed by atoms with van der Waals surface area (Å²) in [5.41, 5.74) is -0.470. The van der Waals surface area contributed by atoms with Gasteiger partial charge in [-0.25, -0.2) is 9.78 Å². The normalized spacial score (nSPS) is 21.6. The Bertz CT molecular complexity index is 986. The van der Waals surface area contributed by atoms with Gasteiger partial charge in [-0.3, -0.25) is 9.36 Å². The van der Waals surface area contributed by atoms with Crippen LogP contribution >= 0.6 is 0 Å². The number of fused-ring (bicyclic) bond motifs is 1. The van der Waals surface area contributed by atoms with Gasteiger partial charge < -0.3 is 19.5 Å². The average Bonchev–Trinajstić information content (AvgIpc) is 3.05. The highest BCUT2D eigenvalue weighted by Gasteiger charge is 2.44. The Labute approximate surface area is 169 Å². The number of aromatic nitrogens is 2. The van der Waals surface area contributed by atoms with Crippen LogP contribution in [0.5, 0.6) is 5.75 Å². The Morgan fingerprint density at radius 2 is 2.03 bits per heavy atom. The van der Waals surface area contributed by atoms with Crippen molar-refractivity contribution in [2.24, 2.45) is 0 Å². The van der Waals surface area contributed by atoms with Crippen molar-refractivity contribution in [3.05, 3.63) is 34.9 Å². The first-order chi connectivity index (χ1) is 13.7. The molecule has 8 nitrogen and oxygen atoms in total. The zero-order valence-electron chi connectivity index (χ0n) is 17.1. The van der Waals surface area contributed by atoms with Crippen LogP contribution in [-0.4, -0.2) is 56.5 Å². The van der Waals surface area contributed by atoms with Crippen LogP contribution in [0.4, 0.5) is 4.79 Å². The van der Waals surface area contributed by atoms with E-state index < -0.39 is 5.60 Å². The summed E-state index contributed by atoms with van der Waals surface area (Å²) in [5.74, 6) is 0.0443. The number of amides is 1. The topological polar surface area (TPSA) is 93.9 Å². The van der Waals surface area contributed by atoms with Gasteiger partial charge in [0.15, 0.2) is 0 Å². The van der Waals surface area contributed by atoms with Crippen molar-refractivity contribution in [3.63, 3.8) is 0 Å². The van der Waals surface area contributed by atoms with E-state index in [1.165, 1.54) is 12.1 Å². The maximum absolute atomic E-state index is 12.9. The summed E-state index contributed by atoms with van der Waals surface area (Å²) in [6, 6.07) is 4.49. The lowest BCUT2D eigenvalue weighted by Crippen LogP contribution is -2.48. The number of benzene rings is 1. The molecule has 156 valence electrons. The van der Waals surface area contributed by atoms with Gasteiger partial charge in [-0.15, -0.1) is 0 Å². The summed E-state index contributed by atoms with van der Waals surface area (Å²) in [5, 5.41) is 10.1. The van der Waals surface area contributed by atoms with Crippen LogP contribution < -0.4 is 5.56 Å². The molecule has 1 aromatic carbocycles. The lowest BCUT2D eigenvalue weighted by molar-refractivity contribution is -0.0486. The molecule has 1 aromatic heterocycles. The number of aromatic hydroxyl groups is 1. The summed E-state index contributed by atoms with van der Waals surface area (Å²) in [6.45, 7) is 7.14. The third-order valence-electron chi connectivity index (χ3n) is 5.68. The van der Waals surface area contributed by atoms with Gasteiger partial charge in [0.05, 0.1) is 35.5 Å². The van der Waals surface area contributed by atoms with Crippen LogP contribution in [0.3, 0.4) is 0 Å². The van der Waals surface area contributed by atoms with Crippen LogP contribution in [0.15, 0.2) is 29.3 Å². The second-order valence-electron chi connectivity index (χ2n) is 8.98. The van der Waals surface area contributed by atoms with E-state index in [1.807, 2.05) is 20.8 Å². The number of hydrogen-bond donors (Lipinski definition) is 1. The molecule has 1 atom stereocenters. The van der Waals surface area contributed by atoms with E-state index in [0.29, 0.717) is 49.9 Å². The minimum Gasteiger partial charge on any atom is -0.508 e. The van der Waals surface area contributed by atoms with Crippen LogP contribution in [0, 0.1) is 0 Å². The standard InChI is InChI=1S/C21H27N3O5/c1-20(2,3)29-19(27)23-8-6-21(7-9-23)11-14(12-28-21)24-13-22-17-5-4-15(25)10-16(17)18(24)26/h4-5,10,13-14,25H,6-9,11-12H2,1-3H3/t14-/m1/s1. The van der Waals surface area contributed by atoms with Crippen molar-refractivity contribution in [3.8, 4) is 5.75 Å². The molecular formula is C21H27N3O5. The van der Waals surface area contributed by atoms with Gasteiger partial charge in [-0.1, -0.05) is 0 Å². The number of carbonyl (C=O) groups is 1. The third-order valence-corrected chi connectivity index (χ3v) is 5.68. The third kappa shape index (κ3) is 3.94. The molecule has 0 unspecified atom stereocenters. The van der Waals surface area contributed by atoms with Gasteiger partial charge in [0.1, 0.15) is 11.4 Å². The zero-order valence-corrected chi connectivity index (χ0v) is 17.1. The van der Waals surface area contributed by atoms with Crippen molar-refractivity contribution < 1.29 is 19.4 Å². The fourth-order valence-corrected chi connectivity index (χ4v) is 4.15. The fourth-order valence-electron chi connectivity index (χ4n) is 4.15. The van der Waals surface area contributed by atoms with Gasteiger partial charge >= 0.3 is 6.09 Å². The minimum absolute atomic E-state index is 0.0443. The molecule has 2 fully saturated rings. The van der Waals surface area contributed by atoms with Gasteiger partial charge in [0.2, 0.25) is 0 Å². The zero-order chi connectivity index (χ0) is 20.8. The molecule has 0 radical (unpaired) electrons. The molecule has 2 aromatic rings. The van der Waals surface area contributed by atoms with Gasteiger partial charge in [0, 0.05) is 13.1 Å². The SMILES string of the molecule is CC(C)(C)OC(=O)N1CCC2(CC1)C[C@@H](n1cnc3ccc(O)cc3c1=O)CO2. The van der Waals surface area contributed by atoms with E-state index in [0.717, 1.165) is 0 Å². The van der Waals surface area contributed by atoms with Crippen LogP contribution in [-0.2, 0) is 9.47 Å². The predicted octanol–water partition coefficient (Wildman–Crippen LogP) is 2.83. The van der Waals surface area contributed by atoms with E-state index >= 15 is 0 Å². The molecular weight excluding hydrogens is 374 g/mol. The van der Waals surface area contributed by atoms with Crippen molar-refractivity contribution >= 4 is 17.0 Å². The number of ether oxygens (including phenoxy) is 2. The van der Waals surface area contributed by atoms with E-state index in [4.69, 9.17) is 9.47 Å². The molecule has 0 aliphatic carbocycles. The molecule has 2 saturated heterocycles. The summed E-state index contributed by atoms with van der Waals surface area (Å²) in [6.07, 6.45) is 3.38. The van der Waals surface area contributed by atoms with Crippen molar-refractivity contribution in [1.82, 2.24) is 14.5 Å². The molecule has 29 heavy (non-hydrogen) atoms. The summed E-state index contributed by atoms with van der Waals surface area (Å²) >= 11 is 0. The first-order valence-corrected chi connectivity index (χ1v) is 9.98. The highest BCUT2D eigenvalue weighted by molar-refractivity contribution is 5.78. The second-order valence-corrected chi connectivity index (χ2v) is 8.98. The summed E-state index contributed by atoms with van der Waals surface area (Å²) in [4.78, 5) is 31.3. The number of likely N-dealkylation sites (tertiary alicyclic amines) is 1. The molecule has 0 bridgehead atoms. The van der Waals surface area contributed by atoms with E-state index in [-0.39, 0.29) is 29.0 Å². The number of piperidine rings is 1. The molecule has 8 heteroatoms. The van der Waals surface area contributed by atoms with Crippen molar-refractivity contribution in [2.75, 3.05) is 19.7 Å². The lowest BCUT2D eigenvalue weighted by Gasteiger charge is -2.39.